The van der Waals surface area contributed by atoms with Crippen molar-refractivity contribution in [3.63, 3.8) is 0 Å². The number of hydrogen-bond acceptors (Lipinski definition) is 5. The summed E-state index contributed by atoms with van der Waals surface area (Å²) in [5.74, 6) is 6.21. The lowest BCUT2D eigenvalue weighted by atomic mass is 10.0. The van der Waals surface area contributed by atoms with Gasteiger partial charge in [0.1, 0.15) is 16.7 Å². The smallest absolute Gasteiger partial charge is 0.321 e. The van der Waals surface area contributed by atoms with Crippen LogP contribution >= 0.6 is 0 Å². The highest BCUT2D eigenvalue weighted by Crippen LogP contribution is 2.34. The lowest BCUT2D eigenvalue weighted by molar-refractivity contribution is 0.0830. The molecule has 2 aromatic carbocycles. The Morgan fingerprint density at radius 3 is 2.56 bits per heavy atom. The highest BCUT2D eigenvalue weighted by Gasteiger charge is 2.38. The van der Waals surface area contributed by atoms with E-state index in [2.05, 4.69) is 17.2 Å². The molecule has 194 valence electrons. The van der Waals surface area contributed by atoms with E-state index in [0.717, 1.165) is 0 Å². The number of ether oxygens (including phenoxy) is 1. The topological polar surface area (TPSA) is 99.2 Å². The van der Waals surface area contributed by atoms with Gasteiger partial charge in [0.25, 0.3) is 0 Å². The number of carbonyl (C=O) groups excluding carboxylic acids is 1. The minimum Gasteiger partial charge on any atom is -0.487 e. The number of urea groups is 1. The number of likely N-dealkylation sites (N-methyl/N-ethyl adjacent to an activating group) is 1. The van der Waals surface area contributed by atoms with Crippen LogP contribution in [-0.4, -0.2) is 67.7 Å². The van der Waals surface area contributed by atoms with Gasteiger partial charge >= 0.3 is 6.03 Å². The zero-order valence-electron chi connectivity index (χ0n) is 21.4. The number of para-hydroxylation sites is 1. The number of sulfonamides is 1. The molecule has 0 radical (unpaired) electrons. The summed E-state index contributed by atoms with van der Waals surface area (Å²) in [4.78, 5) is 14.4. The summed E-state index contributed by atoms with van der Waals surface area (Å²) in [6, 6.07) is 13.0. The first kappa shape index (κ1) is 27.5. The summed E-state index contributed by atoms with van der Waals surface area (Å²) in [5.41, 5.74) is 1.32. The molecule has 0 bridgehead atoms. The number of amides is 2. The van der Waals surface area contributed by atoms with Gasteiger partial charge in [-0.05, 0) is 37.3 Å². The number of benzene rings is 2. The van der Waals surface area contributed by atoms with Crippen LogP contribution in [0.4, 0.5) is 10.5 Å². The highest BCUT2D eigenvalue weighted by atomic mass is 32.2. The van der Waals surface area contributed by atoms with Crippen LogP contribution in [-0.2, 0) is 10.0 Å². The van der Waals surface area contributed by atoms with Crippen LogP contribution in [0.2, 0.25) is 0 Å². The van der Waals surface area contributed by atoms with Crippen LogP contribution in [0.1, 0.15) is 33.3 Å². The molecular formula is C27H35N3O5S. The minimum absolute atomic E-state index is 0.0196. The standard InChI is InChI=1S/C27H35N3O5S/c1-19(2)11-12-22-13-14-26-24(15-22)35-25(20(3)16-30(21(4)18-31)36(26,33)34)17-29(5)27(32)28-23-9-7-6-8-10-23/h6-10,13-15,19-21,25,31H,16-18H2,1-5H3,(H,28,32)/t20-,21+,25-/m0/s1. The quantitative estimate of drug-likeness (QED) is 0.595. The third kappa shape index (κ3) is 6.58. The summed E-state index contributed by atoms with van der Waals surface area (Å²) < 4.78 is 34.8. The Balaban J connectivity index is 1.96. The fourth-order valence-electron chi connectivity index (χ4n) is 3.84. The van der Waals surface area contributed by atoms with Crippen molar-refractivity contribution in [2.75, 3.05) is 32.1 Å². The number of hydrogen-bond donors (Lipinski definition) is 2. The van der Waals surface area contributed by atoms with E-state index in [1.54, 1.807) is 38.2 Å². The van der Waals surface area contributed by atoms with Crippen LogP contribution in [0, 0.1) is 23.7 Å². The molecule has 1 aliphatic heterocycles. The van der Waals surface area contributed by atoms with E-state index >= 15 is 0 Å². The number of nitrogens with one attached hydrogen (secondary N) is 1. The maximum atomic E-state index is 13.6. The van der Waals surface area contributed by atoms with Crippen molar-refractivity contribution in [2.45, 2.75) is 44.7 Å². The number of carbonyl (C=O) groups is 1. The molecule has 0 aromatic heterocycles. The highest BCUT2D eigenvalue weighted by molar-refractivity contribution is 7.89. The minimum atomic E-state index is -3.94. The molecule has 1 heterocycles. The van der Waals surface area contributed by atoms with E-state index < -0.39 is 22.2 Å². The second kappa shape index (κ2) is 11.8. The van der Waals surface area contributed by atoms with Gasteiger partial charge in [-0.1, -0.05) is 50.8 Å². The van der Waals surface area contributed by atoms with Gasteiger partial charge in [0.05, 0.1) is 13.2 Å². The van der Waals surface area contributed by atoms with Crippen LogP contribution in [0.25, 0.3) is 0 Å². The number of nitrogens with zero attached hydrogens (tertiary/aromatic N) is 2. The summed E-state index contributed by atoms with van der Waals surface area (Å²) in [6.45, 7) is 7.55. The molecule has 0 fully saturated rings. The Morgan fingerprint density at radius 2 is 1.92 bits per heavy atom. The molecule has 0 spiro atoms. The summed E-state index contributed by atoms with van der Waals surface area (Å²) >= 11 is 0. The predicted octanol–water partition coefficient (Wildman–Crippen LogP) is 3.63. The van der Waals surface area contributed by atoms with Gasteiger partial charge in [0, 0.05) is 42.7 Å². The van der Waals surface area contributed by atoms with Crippen LogP contribution in [0.3, 0.4) is 0 Å². The monoisotopic (exact) mass is 513 g/mol. The lowest BCUT2D eigenvalue weighted by Gasteiger charge is -2.37. The maximum Gasteiger partial charge on any atom is 0.321 e. The summed E-state index contributed by atoms with van der Waals surface area (Å²) in [6.07, 6.45) is -0.507. The van der Waals surface area contributed by atoms with Gasteiger partial charge in [-0.3, -0.25) is 0 Å². The van der Waals surface area contributed by atoms with Crippen LogP contribution in [0.5, 0.6) is 5.75 Å². The van der Waals surface area contributed by atoms with Crippen molar-refractivity contribution >= 4 is 21.7 Å². The average molecular weight is 514 g/mol. The second-order valence-electron chi connectivity index (χ2n) is 9.50. The van der Waals surface area contributed by atoms with Crippen molar-refractivity contribution in [2.24, 2.45) is 11.8 Å². The Bertz CT molecular complexity index is 1220. The predicted molar refractivity (Wildman–Crippen MR) is 140 cm³/mol. The number of aliphatic hydroxyl groups excluding tert-OH is 1. The van der Waals surface area contributed by atoms with E-state index in [1.165, 1.54) is 15.3 Å². The van der Waals surface area contributed by atoms with E-state index in [-0.39, 0.29) is 48.2 Å². The number of fused-ring (bicyclic) bond motifs is 1. The third-order valence-corrected chi connectivity index (χ3v) is 8.02. The Hall–Kier alpha value is -3.06. The Kier molecular flexibility index (Phi) is 9.01. The Labute approximate surface area is 214 Å². The molecular weight excluding hydrogens is 478 g/mol. The average Bonchev–Trinajstić information content (AvgIpc) is 2.84. The van der Waals surface area contributed by atoms with E-state index in [1.807, 2.05) is 39.0 Å². The maximum absolute atomic E-state index is 13.6. The number of anilines is 1. The van der Waals surface area contributed by atoms with Crippen molar-refractivity contribution < 1.29 is 23.1 Å². The SMILES string of the molecule is CC(C)C#Cc1ccc2c(c1)O[C@@H](CN(C)C(=O)Nc1ccccc1)[C@@H](C)CN([C@H](C)CO)S2(=O)=O. The lowest BCUT2D eigenvalue weighted by Crippen LogP contribution is -2.50. The van der Waals surface area contributed by atoms with Gasteiger partial charge in [-0.2, -0.15) is 4.31 Å². The molecule has 0 aliphatic carbocycles. The first-order chi connectivity index (χ1) is 17.0. The molecule has 36 heavy (non-hydrogen) atoms. The molecule has 3 atom stereocenters. The van der Waals surface area contributed by atoms with Crippen molar-refractivity contribution in [1.29, 1.82) is 0 Å². The molecule has 0 saturated carbocycles. The molecule has 0 saturated heterocycles. The van der Waals surface area contributed by atoms with Crippen molar-refractivity contribution in [3.8, 4) is 17.6 Å². The molecule has 2 amide bonds. The number of aliphatic hydroxyl groups is 1. The van der Waals surface area contributed by atoms with Gasteiger partial charge in [-0.25, -0.2) is 13.2 Å². The molecule has 9 heteroatoms. The summed E-state index contributed by atoms with van der Waals surface area (Å²) in [5, 5.41) is 12.6. The van der Waals surface area contributed by atoms with Gasteiger partial charge in [-0.15, -0.1) is 0 Å². The molecule has 1 aliphatic rings. The van der Waals surface area contributed by atoms with E-state index in [0.29, 0.717) is 11.3 Å². The first-order valence-corrected chi connectivity index (χ1v) is 13.5. The second-order valence-corrected chi connectivity index (χ2v) is 11.4. The van der Waals surface area contributed by atoms with E-state index in [4.69, 9.17) is 4.74 Å². The molecule has 0 unspecified atom stereocenters. The first-order valence-electron chi connectivity index (χ1n) is 12.0. The van der Waals surface area contributed by atoms with E-state index in [9.17, 15) is 18.3 Å². The third-order valence-electron chi connectivity index (χ3n) is 6.00. The van der Waals surface area contributed by atoms with Gasteiger partial charge in [0.15, 0.2) is 0 Å². The van der Waals surface area contributed by atoms with Crippen molar-refractivity contribution in [1.82, 2.24) is 9.21 Å². The summed E-state index contributed by atoms with van der Waals surface area (Å²) in [7, 11) is -2.27. The fourth-order valence-corrected chi connectivity index (χ4v) is 5.67. The largest absolute Gasteiger partial charge is 0.487 e. The fraction of sp³-hybridized carbons (Fsp3) is 0.444. The molecule has 2 aromatic rings. The molecule has 8 nitrogen and oxygen atoms in total. The zero-order chi connectivity index (χ0) is 26.5. The van der Waals surface area contributed by atoms with Gasteiger partial charge < -0.3 is 20.1 Å². The van der Waals surface area contributed by atoms with Crippen LogP contribution < -0.4 is 10.1 Å². The number of rotatable bonds is 5. The van der Waals surface area contributed by atoms with Gasteiger partial charge in [0.2, 0.25) is 10.0 Å². The Morgan fingerprint density at radius 1 is 1.22 bits per heavy atom. The van der Waals surface area contributed by atoms with Crippen LogP contribution in [0.15, 0.2) is 53.4 Å². The van der Waals surface area contributed by atoms with Crippen molar-refractivity contribution in [3.05, 3.63) is 54.1 Å². The normalized spacial score (nSPS) is 20.1. The molecule has 2 N–H and O–H groups in total. The molecule has 3 rings (SSSR count). The zero-order valence-corrected chi connectivity index (χ0v) is 22.2.